The fraction of sp³-hybridized carbons (Fsp3) is 0.143. The van der Waals surface area contributed by atoms with Crippen molar-refractivity contribution in [2.45, 2.75) is 13.0 Å². The number of thiophene rings is 1. The van der Waals surface area contributed by atoms with E-state index in [-0.39, 0.29) is 11.7 Å². The third-order valence-corrected chi connectivity index (χ3v) is 5.02. The molecule has 8 heteroatoms. The minimum atomic E-state index is -0.492. The highest BCUT2D eigenvalue weighted by Crippen LogP contribution is 2.22. The molecule has 0 aliphatic heterocycles. The lowest BCUT2D eigenvalue weighted by Crippen LogP contribution is -2.31. The number of benzene rings is 2. The standard InChI is InChI=1S/C21H20FN3O3S/c1-13(14-8-9-18(28-2)17(22)11-14)23-21(27)25-16-6-3-5-15(12-16)24-20(26)19-7-4-10-29-19/h3-13H,1-2H3,(H,24,26)(H2,23,25,27)/t13-/m1/s1. The van der Waals surface area contributed by atoms with Crippen LogP contribution >= 0.6 is 11.3 Å². The van der Waals surface area contributed by atoms with Gasteiger partial charge >= 0.3 is 6.03 Å². The average Bonchev–Trinajstić information content (AvgIpc) is 3.23. The number of carbonyl (C=O) groups is 2. The Morgan fingerprint density at radius 1 is 1.03 bits per heavy atom. The lowest BCUT2D eigenvalue weighted by atomic mass is 10.1. The van der Waals surface area contributed by atoms with E-state index in [4.69, 9.17) is 4.74 Å². The van der Waals surface area contributed by atoms with Crippen LogP contribution in [0.25, 0.3) is 0 Å². The normalized spacial score (nSPS) is 11.4. The van der Waals surface area contributed by atoms with Crippen LogP contribution in [0.5, 0.6) is 5.75 Å². The smallest absolute Gasteiger partial charge is 0.319 e. The molecule has 0 unspecified atom stereocenters. The number of urea groups is 1. The van der Waals surface area contributed by atoms with Gasteiger partial charge in [-0.3, -0.25) is 4.79 Å². The van der Waals surface area contributed by atoms with Gasteiger partial charge in [0, 0.05) is 11.4 Å². The summed E-state index contributed by atoms with van der Waals surface area (Å²) in [6, 6.07) is 14.0. The summed E-state index contributed by atoms with van der Waals surface area (Å²) in [7, 11) is 1.39. The molecular weight excluding hydrogens is 393 g/mol. The van der Waals surface area contributed by atoms with Gasteiger partial charge in [-0.05, 0) is 54.3 Å². The van der Waals surface area contributed by atoms with Crippen LogP contribution in [0.3, 0.4) is 0 Å². The fourth-order valence-electron chi connectivity index (χ4n) is 2.67. The lowest BCUT2D eigenvalue weighted by molar-refractivity contribution is 0.103. The molecular formula is C21H20FN3O3S. The van der Waals surface area contributed by atoms with Crippen molar-refractivity contribution >= 4 is 34.6 Å². The first-order chi connectivity index (χ1) is 14.0. The quantitative estimate of drug-likeness (QED) is 0.530. The Labute approximate surface area is 171 Å². The van der Waals surface area contributed by atoms with Crippen LogP contribution in [0.1, 0.15) is 28.2 Å². The highest BCUT2D eigenvalue weighted by atomic mass is 32.1. The zero-order chi connectivity index (χ0) is 20.8. The van der Waals surface area contributed by atoms with Crippen molar-refractivity contribution in [2.24, 2.45) is 0 Å². The second-order valence-electron chi connectivity index (χ2n) is 6.23. The molecule has 0 radical (unpaired) electrons. The molecule has 0 bridgehead atoms. The maximum absolute atomic E-state index is 13.9. The highest BCUT2D eigenvalue weighted by molar-refractivity contribution is 7.12. The summed E-state index contributed by atoms with van der Waals surface area (Å²) in [4.78, 5) is 25.0. The monoisotopic (exact) mass is 413 g/mol. The SMILES string of the molecule is COc1ccc([C@@H](C)NC(=O)Nc2cccc(NC(=O)c3cccs3)c2)cc1F. The van der Waals surface area contributed by atoms with Crippen molar-refractivity contribution in [1.82, 2.24) is 5.32 Å². The third kappa shape index (κ3) is 5.32. The summed E-state index contributed by atoms with van der Waals surface area (Å²) in [5, 5.41) is 10.1. The van der Waals surface area contributed by atoms with Gasteiger partial charge in [0.1, 0.15) is 0 Å². The van der Waals surface area contributed by atoms with E-state index in [1.807, 2.05) is 5.38 Å². The van der Waals surface area contributed by atoms with E-state index < -0.39 is 17.9 Å². The van der Waals surface area contributed by atoms with E-state index in [9.17, 15) is 14.0 Å². The van der Waals surface area contributed by atoms with E-state index >= 15 is 0 Å². The highest BCUT2D eigenvalue weighted by Gasteiger charge is 2.13. The van der Waals surface area contributed by atoms with Crippen LogP contribution < -0.4 is 20.7 Å². The third-order valence-electron chi connectivity index (χ3n) is 4.15. The van der Waals surface area contributed by atoms with Crippen LogP contribution in [0.15, 0.2) is 60.0 Å². The summed E-state index contributed by atoms with van der Waals surface area (Å²) in [6.07, 6.45) is 0. The second-order valence-corrected chi connectivity index (χ2v) is 7.17. The topological polar surface area (TPSA) is 79.5 Å². The minimum Gasteiger partial charge on any atom is -0.494 e. The van der Waals surface area contributed by atoms with Crippen molar-refractivity contribution in [3.63, 3.8) is 0 Å². The zero-order valence-electron chi connectivity index (χ0n) is 15.9. The van der Waals surface area contributed by atoms with E-state index in [1.165, 1.54) is 30.6 Å². The molecule has 0 saturated carbocycles. The number of anilines is 2. The molecule has 1 aromatic heterocycles. The Kier molecular flexibility index (Phi) is 6.46. The molecule has 0 spiro atoms. The molecule has 150 valence electrons. The molecule has 1 heterocycles. The number of amides is 3. The number of hydrogen-bond acceptors (Lipinski definition) is 4. The van der Waals surface area contributed by atoms with Crippen LogP contribution in [0.4, 0.5) is 20.6 Å². The number of rotatable bonds is 6. The molecule has 2 aromatic carbocycles. The van der Waals surface area contributed by atoms with Gasteiger partial charge in [0.2, 0.25) is 0 Å². The van der Waals surface area contributed by atoms with Gasteiger partial charge in [-0.1, -0.05) is 18.2 Å². The van der Waals surface area contributed by atoms with Crippen molar-refractivity contribution in [2.75, 3.05) is 17.7 Å². The number of methoxy groups -OCH3 is 1. The van der Waals surface area contributed by atoms with Gasteiger partial charge < -0.3 is 20.7 Å². The summed E-state index contributed by atoms with van der Waals surface area (Å²) < 4.78 is 18.8. The molecule has 3 aromatic rings. The van der Waals surface area contributed by atoms with Gasteiger partial charge in [0.05, 0.1) is 18.0 Å². The van der Waals surface area contributed by atoms with Crippen molar-refractivity contribution in [3.05, 3.63) is 76.2 Å². The predicted molar refractivity (Wildman–Crippen MR) is 112 cm³/mol. The van der Waals surface area contributed by atoms with E-state index in [0.29, 0.717) is 21.8 Å². The fourth-order valence-corrected chi connectivity index (χ4v) is 3.29. The maximum Gasteiger partial charge on any atom is 0.319 e. The van der Waals surface area contributed by atoms with Gasteiger partial charge in [0.15, 0.2) is 11.6 Å². The molecule has 3 amide bonds. The Morgan fingerprint density at radius 2 is 1.79 bits per heavy atom. The number of hydrogen-bond donors (Lipinski definition) is 3. The zero-order valence-corrected chi connectivity index (χ0v) is 16.7. The molecule has 1 atom stereocenters. The number of carbonyl (C=O) groups excluding carboxylic acids is 2. The first kappa shape index (κ1) is 20.3. The first-order valence-electron chi connectivity index (χ1n) is 8.82. The number of ether oxygens (including phenoxy) is 1. The average molecular weight is 413 g/mol. The van der Waals surface area contributed by atoms with Crippen molar-refractivity contribution in [1.29, 1.82) is 0 Å². The predicted octanol–water partition coefficient (Wildman–Crippen LogP) is 5.03. The Balaban J connectivity index is 1.60. The van der Waals surface area contributed by atoms with Crippen LogP contribution in [-0.2, 0) is 0 Å². The van der Waals surface area contributed by atoms with Crippen molar-refractivity contribution < 1.29 is 18.7 Å². The van der Waals surface area contributed by atoms with E-state index in [2.05, 4.69) is 16.0 Å². The Hall–Kier alpha value is -3.39. The molecule has 3 N–H and O–H groups in total. The number of nitrogens with one attached hydrogen (secondary N) is 3. The van der Waals surface area contributed by atoms with E-state index in [1.54, 1.807) is 49.4 Å². The molecule has 29 heavy (non-hydrogen) atoms. The van der Waals surface area contributed by atoms with Crippen LogP contribution in [0.2, 0.25) is 0 Å². The molecule has 0 aliphatic rings. The van der Waals surface area contributed by atoms with Crippen LogP contribution in [-0.4, -0.2) is 19.0 Å². The largest absolute Gasteiger partial charge is 0.494 e. The first-order valence-corrected chi connectivity index (χ1v) is 9.70. The van der Waals surface area contributed by atoms with Gasteiger partial charge in [0.25, 0.3) is 5.91 Å². The van der Waals surface area contributed by atoms with Crippen LogP contribution in [0, 0.1) is 5.82 Å². The summed E-state index contributed by atoms with van der Waals surface area (Å²) in [6.45, 7) is 1.75. The molecule has 6 nitrogen and oxygen atoms in total. The summed E-state index contributed by atoms with van der Waals surface area (Å²) in [5.74, 6) is -0.559. The minimum absolute atomic E-state index is 0.145. The maximum atomic E-state index is 13.9. The Bertz CT molecular complexity index is 1010. The molecule has 0 fully saturated rings. The lowest BCUT2D eigenvalue weighted by Gasteiger charge is -2.16. The van der Waals surface area contributed by atoms with Gasteiger partial charge in [-0.25, -0.2) is 9.18 Å². The summed E-state index contributed by atoms with van der Waals surface area (Å²) >= 11 is 1.35. The summed E-state index contributed by atoms with van der Waals surface area (Å²) in [5.41, 5.74) is 1.68. The molecule has 0 aliphatic carbocycles. The second kappa shape index (κ2) is 9.20. The van der Waals surface area contributed by atoms with Gasteiger partial charge in [-0.2, -0.15) is 0 Å². The molecule has 3 rings (SSSR count). The van der Waals surface area contributed by atoms with E-state index in [0.717, 1.165) is 0 Å². The Morgan fingerprint density at radius 3 is 2.45 bits per heavy atom. The van der Waals surface area contributed by atoms with Crippen molar-refractivity contribution in [3.8, 4) is 5.75 Å². The molecule has 0 saturated heterocycles. The van der Waals surface area contributed by atoms with Gasteiger partial charge in [-0.15, -0.1) is 11.3 Å². The number of halogens is 1.